The molecule has 0 unspecified atom stereocenters. The molecule has 1 heterocycles. The van der Waals surface area contributed by atoms with Crippen LogP contribution in [0.3, 0.4) is 0 Å². The van der Waals surface area contributed by atoms with Gasteiger partial charge in [0.15, 0.2) is 0 Å². The second-order valence-corrected chi connectivity index (χ2v) is 5.95. The monoisotopic (exact) mass is 290 g/mol. The Bertz CT molecular complexity index is 500. The number of nitrogen functional groups attached to an aromatic ring is 1. The third-order valence-corrected chi connectivity index (χ3v) is 5.10. The van der Waals surface area contributed by atoms with Crippen LogP contribution in [0.2, 0.25) is 0 Å². The zero-order valence-electron chi connectivity index (χ0n) is 13.3. The fraction of sp³-hybridized carbons (Fsp3) is 0.588. The number of anilines is 1. The van der Waals surface area contributed by atoms with Gasteiger partial charge in [0.2, 0.25) is 0 Å². The number of hydrogen-bond donors (Lipinski definition) is 1. The van der Waals surface area contributed by atoms with Crippen molar-refractivity contribution >= 4 is 11.6 Å². The highest BCUT2D eigenvalue weighted by atomic mass is 16.5. The molecule has 21 heavy (non-hydrogen) atoms. The summed E-state index contributed by atoms with van der Waals surface area (Å²) in [7, 11) is 1.59. The van der Waals surface area contributed by atoms with E-state index >= 15 is 0 Å². The largest absolute Gasteiger partial charge is 0.497 e. The lowest BCUT2D eigenvalue weighted by molar-refractivity contribution is 0.0558. The molecular weight excluding hydrogens is 264 g/mol. The number of nitrogens with zero attached hydrogens (tertiary/aromatic N) is 1. The lowest BCUT2D eigenvalue weighted by atomic mass is 9.74. The van der Waals surface area contributed by atoms with E-state index in [0.29, 0.717) is 22.4 Å². The lowest BCUT2D eigenvalue weighted by Crippen LogP contribution is -2.43. The van der Waals surface area contributed by atoms with Crippen molar-refractivity contribution in [2.75, 3.05) is 25.9 Å². The molecule has 1 aromatic carbocycles. The molecule has 0 radical (unpaired) electrons. The highest BCUT2D eigenvalue weighted by molar-refractivity contribution is 5.99. The van der Waals surface area contributed by atoms with Crippen molar-refractivity contribution in [3.8, 4) is 5.75 Å². The third kappa shape index (κ3) is 3.14. The molecule has 4 nitrogen and oxygen atoms in total. The molecule has 0 aliphatic carbocycles. The summed E-state index contributed by atoms with van der Waals surface area (Å²) >= 11 is 0. The molecular formula is C17H26N2O2. The Balaban J connectivity index is 2.12. The Hall–Kier alpha value is -1.71. The Morgan fingerprint density at radius 1 is 1.29 bits per heavy atom. The van der Waals surface area contributed by atoms with E-state index in [1.165, 1.54) is 12.8 Å². The number of rotatable bonds is 4. The second kappa shape index (κ2) is 6.37. The van der Waals surface area contributed by atoms with Crippen molar-refractivity contribution in [2.45, 2.75) is 39.5 Å². The lowest BCUT2D eigenvalue weighted by Gasteiger charge is -2.41. The number of hydrogen-bond acceptors (Lipinski definition) is 3. The van der Waals surface area contributed by atoms with Crippen LogP contribution in [0.4, 0.5) is 5.69 Å². The SMILES string of the molecule is CCC1(CC)CCN(C(=O)c2cc(OC)ccc2N)CC1. The van der Waals surface area contributed by atoms with Crippen LogP contribution in [0.15, 0.2) is 18.2 Å². The molecule has 2 rings (SSSR count). The second-order valence-electron chi connectivity index (χ2n) is 5.95. The average molecular weight is 290 g/mol. The van der Waals surface area contributed by atoms with Gasteiger partial charge in [-0.2, -0.15) is 0 Å². The Morgan fingerprint density at radius 3 is 2.43 bits per heavy atom. The van der Waals surface area contributed by atoms with Crippen LogP contribution in [0.25, 0.3) is 0 Å². The normalized spacial score (nSPS) is 17.6. The van der Waals surface area contributed by atoms with E-state index in [9.17, 15) is 4.79 Å². The minimum atomic E-state index is 0.0206. The zero-order chi connectivity index (χ0) is 15.5. The molecule has 0 spiro atoms. The van der Waals surface area contributed by atoms with Gasteiger partial charge in [0.05, 0.1) is 12.7 Å². The van der Waals surface area contributed by atoms with Crippen LogP contribution in [-0.2, 0) is 0 Å². The van der Waals surface area contributed by atoms with Gasteiger partial charge in [0, 0.05) is 18.8 Å². The molecule has 1 fully saturated rings. The van der Waals surface area contributed by atoms with Gasteiger partial charge in [-0.15, -0.1) is 0 Å². The van der Waals surface area contributed by atoms with Crippen LogP contribution in [0.1, 0.15) is 49.9 Å². The Labute approximate surface area is 127 Å². The molecule has 1 saturated heterocycles. The molecule has 1 aliphatic heterocycles. The van der Waals surface area contributed by atoms with Crippen molar-refractivity contribution < 1.29 is 9.53 Å². The summed E-state index contributed by atoms with van der Waals surface area (Å²) < 4.78 is 5.19. The molecule has 4 heteroatoms. The van der Waals surface area contributed by atoms with Crippen molar-refractivity contribution in [3.05, 3.63) is 23.8 Å². The summed E-state index contributed by atoms with van der Waals surface area (Å²) in [6, 6.07) is 5.25. The van der Waals surface area contributed by atoms with Crippen LogP contribution in [0.5, 0.6) is 5.75 Å². The number of carbonyl (C=O) groups excluding carboxylic acids is 1. The van der Waals surface area contributed by atoms with E-state index in [-0.39, 0.29) is 5.91 Å². The predicted octanol–water partition coefficient (Wildman–Crippen LogP) is 3.32. The summed E-state index contributed by atoms with van der Waals surface area (Å²) in [5.74, 6) is 0.688. The third-order valence-electron chi connectivity index (χ3n) is 5.10. The number of amides is 1. The first-order valence-corrected chi connectivity index (χ1v) is 7.78. The van der Waals surface area contributed by atoms with Crippen LogP contribution < -0.4 is 10.5 Å². The number of nitrogens with two attached hydrogens (primary N) is 1. The topological polar surface area (TPSA) is 55.6 Å². The Morgan fingerprint density at radius 2 is 1.90 bits per heavy atom. The summed E-state index contributed by atoms with van der Waals surface area (Å²) in [6.45, 7) is 6.14. The molecule has 0 bridgehead atoms. The maximum absolute atomic E-state index is 12.7. The van der Waals surface area contributed by atoms with Gasteiger partial charge in [-0.25, -0.2) is 0 Å². The van der Waals surface area contributed by atoms with Crippen LogP contribution >= 0.6 is 0 Å². The number of likely N-dealkylation sites (tertiary alicyclic amines) is 1. The average Bonchev–Trinajstić information content (AvgIpc) is 2.55. The summed E-state index contributed by atoms with van der Waals surface area (Å²) in [5, 5.41) is 0. The fourth-order valence-electron chi connectivity index (χ4n) is 3.16. The highest BCUT2D eigenvalue weighted by Gasteiger charge is 2.33. The van der Waals surface area contributed by atoms with Gasteiger partial charge in [-0.1, -0.05) is 26.7 Å². The van der Waals surface area contributed by atoms with Crippen molar-refractivity contribution in [3.63, 3.8) is 0 Å². The fourth-order valence-corrected chi connectivity index (χ4v) is 3.16. The van der Waals surface area contributed by atoms with E-state index in [1.54, 1.807) is 25.3 Å². The highest BCUT2D eigenvalue weighted by Crippen LogP contribution is 2.38. The van der Waals surface area contributed by atoms with Crippen molar-refractivity contribution in [2.24, 2.45) is 5.41 Å². The standard InChI is InChI=1S/C17H26N2O2/c1-4-17(5-2)8-10-19(11-9-17)16(20)14-12-13(21-3)6-7-15(14)18/h6-7,12H,4-5,8-11,18H2,1-3H3. The van der Waals surface area contributed by atoms with E-state index in [4.69, 9.17) is 10.5 Å². The van der Waals surface area contributed by atoms with Crippen molar-refractivity contribution in [1.29, 1.82) is 0 Å². The maximum Gasteiger partial charge on any atom is 0.256 e. The molecule has 1 aromatic rings. The van der Waals surface area contributed by atoms with E-state index in [2.05, 4.69) is 13.8 Å². The van der Waals surface area contributed by atoms with Crippen molar-refractivity contribution in [1.82, 2.24) is 4.90 Å². The molecule has 0 saturated carbocycles. The van der Waals surface area contributed by atoms with Gasteiger partial charge < -0.3 is 15.4 Å². The van der Waals surface area contributed by atoms with E-state index < -0.39 is 0 Å². The van der Waals surface area contributed by atoms with Crippen LogP contribution in [0, 0.1) is 5.41 Å². The van der Waals surface area contributed by atoms with E-state index in [1.807, 2.05) is 4.90 Å². The first-order chi connectivity index (χ1) is 10.0. The van der Waals surface area contributed by atoms with Gasteiger partial charge >= 0.3 is 0 Å². The minimum absolute atomic E-state index is 0.0206. The zero-order valence-corrected chi connectivity index (χ0v) is 13.3. The van der Waals surface area contributed by atoms with Gasteiger partial charge in [-0.05, 0) is 36.5 Å². The first-order valence-electron chi connectivity index (χ1n) is 7.78. The molecule has 2 N–H and O–H groups in total. The van der Waals surface area contributed by atoms with Gasteiger partial charge in [0.25, 0.3) is 5.91 Å². The van der Waals surface area contributed by atoms with Crippen LogP contribution in [-0.4, -0.2) is 31.0 Å². The first kappa shape index (κ1) is 15.7. The quantitative estimate of drug-likeness (QED) is 0.865. The number of ether oxygens (including phenoxy) is 1. The number of carbonyl (C=O) groups is 1. The number of piperidine rings is 1. The smallest absolute Gasteiger partial charge is 0.256 e. The molecule has 116 valence electrons. The van der Waals surface area contributed by atoms with Gasteiger partial charge in [0.1, 0.15) is 5.75 Å². The molecule has 1 amide bonds. The molecule has 1 aliphatic rings. The summed E-state index contributed by atoms with van der Waals surface area (Å²) in [5.41, 5.74) is 7.44. The van der Waals surface area contributed by atoms with Gasteiger partial charge in [-0.3, -0.25) is 4.79 Å². The maximum atomic E-state index is 12.7. The number of methoxy groups -OCH3 is 1. The Kier molecular flexibility index (Phi) is 4.76. The van der Waals surface area contributed by atoms with E-state index in [0.717, 1.165) is 25.9 Å². The molecule has 0 atom stereocenters. The molecule has 0 aromatic heterocycles. The number of benzene rings is 1. The minimum Gasteiger partial charge on any atom is -0.497 e. The predicted molar refractivity (Wildman–Crippen MR) is 85.6 cm³/mol. The summed E-state index contributed by atoms with van der Waals surface area (Å²) in [6.07, 6.45) is 4.53. The summed E-state index contributed by atoms with van der Waals surface area (Å²) in [4.78, 5) is 14.6.